The van der Waals surface area contributed by atoms with Crippen LogP contribution in [0, 0.1) is 11.6 Å². The summed E-state index contributed by atoms with van der Waals surface area (Å²) in [4.78, 5) is 15.8. The van der Waals surface area contributed by atoms with E-state index in [0.29, 0.717) is 15.3 Å². The molecule has 0 aliphatic rings. The minimum Gasteiger partial charge on any atom is -0.300 e. The fourth-order valence-electron chi connectivity index (χ4n) is 1.68. The van der Waals surface area contributed by atoms with Crippen LogP contribution in [-0.4, -0.2) is 20.7 Å². The number of fused-ring (bicyclic) bond motifs is 1. The summed E-state index contributed by atoms with van der Waals surface area (Å²) in [6.45, 7) is 0.0473. The van der Waals surface area contributed by atoms with Crippen LogP contribution in [0.4, 0.5) is 13.9 Å². The Morgan fingerprint density at radius 2 is 2.15 bits per heavy atom. The average molecular weight is 294 g/mol. The molecule has 0 fully saturated rings. The standard InChI is InChI=1S/C12H8F2N4OS/c13-7-4-9-10(5-8(7)14)20-12(16-9)17-11(19)6-18-3-1-2-15-18/h1-5H,6H2,(H,16,17,19). The minimum atomic E-state index is -0.961. The molecular formula is C12H8F2N4OS. The lowest BCUT2D eigenvalue weighted by atomic mass is 10.3. The molecule has 0 radical (unpaired) electrons. The van der Waals surface area contributed by atoms with Crippen LogP contribution in [-0.2, 0) is 11.3 Å². The Kier molecular flexibility index (Phi) is 3.15. The molecule has 3 rings (SSSR count). The maximum Gasteiger partial charge on any atom is 0.247 e. The summed E-state index contributed by atoms with van der Waals surface area (Å²) >= 11 is 1.08. The molecule has 8 heteroatoms. The van der Waals surface area contributed by atoms with Gasteiger partial charge in [0, 0.05) is 18.5 Å². The molecule has 0 aliphatic heterocycles. The molecule has 0 bridgehead atoms. The van der Waals surface area contributed by atoms with E-state index in [2.05, 4.69) is 15.4 Å². The molecule has 0 aliphatic carbocycles. The highest BCUT2D eigenvalue weighted by Crippen LogP contribution is 2.27. The summed E-state index contributed by atoms with van der Waals surface area (Å²) in [5.74, 6) is -2.21. The molecule has 2 heterocycles. The SMILES string of the molecule is O=C(Cn1cccn1)Nc1nc2cc(F)c(F)cc2s1. The highest BCUT2D eigenvalue weighted by atomic mass is 32.1. The van der Waals surface area contributed by atoms with Crippen LogP contribution in [0.5, 0.6) is 0 Å². The van der Waals surface area contributed by atoms with E-state index in [-0.39, 0.29) is 12.5 Å². The van der Waals surface area contributed by atoms with Gasteiger partial charge in [0.2, 0.25) is 5.91 Å². The van der Waals surface area contributed by atoms with Crippen molar-refractivity contribution in [2.24, 2.45) is 0 Å². The van der Waals surface area contributed by atoms with Crippen LogP contribution in [0.2, 0.25) is 0 Å². The fraction of sp³-hybridized carbons (Fsp3) is 0.0833. The smallest absolute Gasteiger partial charge is 0.247 e. The van der Waals surface area contributed by atoms with Crippen LogP contribution in [0.1, 0.15) is 0 Å². The zero-order valence-electron chi connectivity index (χ0n) is 10.0. The van der Waals surface area contributed by atoms with Gasteiger partial charge in [0.15, 0.2) is 16.8 Å². The number of benzene rings is 1. The Balaban J connectivity index is 1.79. The third-order valence-corrected chi connectivity index (χ3v) is 3.48. The number of nitrogens with one attached hydrogen (secondary N) is 1. The molecule has 0 spiro atoms. The molecule has 0 unspecified atom stereocenters. The summed E-state index contributed by atoms with van der Waals surface area (Å²) in [6.07, 6.45) is 3.22. The first kappa shape index (κ1) is 12.7. The third kappa shape index (κ3) is 2.50. The summed E-state index contributed by atoms with van der Waals surface area (Å²) in [6, 6.07) is 3.77. The van der Waals surface area contributed by atoms with Gasteiger partial charge < -0.3 is 5.32 Å². The van der Waals surface area contributed by atoms with Crippen LogP contribution in [0.3, 0.4) is 0 Å². The molecule has 2 aromatic heterocycles. The summed E-state index contributed by atoms with van der Waals surface area (Å²) in [5, 5.41) is 6.77. The molecule has 20 heavy (non-hydrogen) atoms. The number of carbonyl (C=O) groups excluding carboxylic acids is 1. The number of halogens is 2. The number of nitrogens with zero attached hydrogens (tertiary/aromatic N) is 3. The van der Waals surface area contributed by atoms with Gasteiger partial charge in [-0.3, -0.25) is 9.48 Å². The van der Waals surface area contributed by atoms with E-state index in [1.165, 1.54) is 4.68 Å². The maximum atomic E-state index is 13.1. The number of carbonyl (C=O) groups is 1. The van der Waals surface area contributed by atoms with Gasteiger partial charge in [-0.05, 0) is 12.1 Å². The predicted molar refractivity (Wildman–Crippen MR) is 70.4 cm³/mol. The van der Waals surface area contributed by atoms with Gasteiger partial charge in [-0.2, -0.15) is 5.10 Å². The van der Waals surface area contributed by atoms with Gasteiger partial charge in [0.25, 0.3) is 0 Å². The zero-order chi connectivity index (χ0) is 14.1. The maximum absolute atomic E-state index is 13.1. The lowest BCUT2D eigenvalue weighted by molar-refractivity contribution is -0.116. The van der Waals surface area contributed by atoms with Crippen molar-refractivity contribution in [3.63, 3.8) is 0 Å². The van der Waals surface area contributed by atoms with Crippen LogP contribution in [0.15, 0.2) is 30.6 Å². The fourth-order valence-corrected chi connectivity index (χ4v) is 2.57. The van der Waals surface area contributed by atoms with E-state index in [1.54, 1.807) is 18.5 Å². The molecule has 1 amide bonds. The van der Waals surface area contributed by atoms with Crippen LogP contribution in [0.25, 0.3) is 10.2 Å². The predicted octanol–water partition coefficient (Wildman–Crippen LogP) is 2.41. The largest absolute Gasteiger partial charge is 0.300 e. The summed E-state index contributed by atoms with van der Waals surface area (Å²) in [5.41, 5.74) is 0.309. The van der Waals surface area contributed by atoms with E-state index in [0.717, 1.165) is 23.5 Å². The number of rotatable bonds is 3. The van der Waals surface area contributed by atoms with Crippen molar-refractivity contribution in [3.05, 3.63) is 42.2 Å². The van der Waals surface area contributed by atoms with Crippen LogP contribution < -0.4 is 5.32 Å². The number of amides is 1. The second-order valence-corrected chi connectivity index (χ2v) is 5.04. The first-order valence-electron chi connectivity index (χ1n) is 5.65. The van der Waals surface area contributed by atoms with Crippen molar-refractivity contribution in [2.45, 2.75) is 6.54 Å². The molecular weight excluding hydrogens is 286 g/mol. The van der Waals surface area contributed by atoms with Crippen molar-refractivity contribution >= 4 is 32.6 Å². The first-order chi connectivity index (χ1) is 9.61. The quantitative estimate of drug-likeness (QED) is 0.807. The first-order valence-corrected chi connectivity index (χ1v) is 6.46. The monoisotopic (exact) mass is 294 g/mol. The van der Waals surface area contributed by atoms with Gasteiger partial charge in [-0.25, -0.2) is 13.8 Å². The highest BCUT2D eigenvalue weighted by Gasteiger charge is 2.11. The van der Waals surface area contributed by atoms with E-state index in [4.69, 9.17) is 0 Å². The van der Waals surface area contributed by atoms with E-state index in [1.807, 2.05) is 0 Å². The second-order valence-electron chi connectivity index (χ2n) is 4.00. The lowest BCUT2D eigenvalue weighted by Gasteiger charge is -2.00. The van der Waals surface area contributed by atoms with Gasteiger partial charge >= 0.3 is 0 Å². The highest BCUT2D eigenvalue weighted by molar-refractivity contribution is 7.22. The third-order valence-electron chi connectivity index (χ3n) is 2.54. The normalized spacial score (nSPS) is 10.9. The Hall–Kier alpha value is -2.35. The number of anilines is 1. The Labute approximate surface area is 115 Å². The molecule has 0 saturated carbocycles. The molecule has 1 aromatic carbocycles. The molecule has 5 nitrogen and oxygen atoms in total. The van der Waals surface area contributed by atoms with Crippen molar-refractivity contribution in [1.29, 1.82) is 0 Å². The van der Waals surface area contributed by atoms with Crippen molar-refractivity contribution in [1.82, 2.24) is 14.8 Å². The number of thiazole rings is 1. The van der Waals surface area contributed by atoms with E-state index in [9.17, 15) is 13.6 Å². The van der Waals surface area contributed by atoms with Crippen molar-refractivity contribution in [3.8, 4) is 0 Å². The Morgan fingerprint density at radius 3 is 2.90 bits per heavy atom. The molecule has 1 N–H and O–H groups in total. The minimum absolute atomic E-state index is 0.0473. The zero-order valence-corrected chi connectivity index (χ0v) is 10.8. The van der Waals surface area contributed by atoms with Gasteiger partial charge in [-0.1, -0.05) is 11.3 Å². The van der Waals surface area contributed by atoms with Gasteiger partial charge in [0.05, 0.1) is 10.2 Å². The molecule has 0 atom stereocenters. The average Bonchev–Trinajstić information content (AvgIpc) is 2.99. The van der Waals surface area contributed by atoms with Crippen molar-refractivity contribution < 1.29 is 13.6 Å². The number of hydrogen-bond donors (Lipinski definition) is 1. The van der Waals surface area contributed by atoms with Gasteiger partial charge in [0.1, 0.15) is 6.54 Å². The molecule has 102 valence electrons. The van der Waals surface area contributed by atoms with Crippen LogP contribution >= 0.6 is 11.3 Å². The Bertz CT molecular complexity index is 730. The summed E-state index contributed by atoms with van der Waals surface area (Å²) in [7, 11) is 0. The number of hydrogen-bond acceptors (Lipinski definition) is 4. The Morgan fingerprint density at radius 1 is 1.35 bits per heavy atom. The summed E-state index contributed by atoms with van der Waals surface area (Å²) < 4.78 is 28.1. The number of aromatic nitrogens is 3. The second kappa shape index (κ2) is 4.97. The topological polar surface area (TPSA) is 59.8 Å². The molecule has 0 saturated heterocycles. The van der Waals surface area contributed by atoms with Gasteiger partial charge in [-0.15, -0.1) is 0 Å². The van der Waals surface area contributed by atoms with Crippen molar-refractivity contribution in [2.75, 3.05) is 5.32 Å². The lowest BCUT2D eigenvalue weighted by Crippen LogP contribution is -2.18. The van der Waals surface area contributed by atoms with E-state index >= 15 is 0 Å². The molecule has 3 aromatic rings. The van der Waals surface area contributed by atoms with E-state index < -0.39 is 11.6 Å².